The van der Waals surface area contributed by atoms with E-state index in [9.17, 15) is 15.0 Å². The summed E-state index contributed by atoms with van der Waals surface area (Å²) in [7, 11) is 0. The lowest BCUT2D eigenvalue weighted by atomic mass is 9.79. The first-order valence-electron chi connectivity index (χ1n) is 8.05. The summed E-state index contributed by atoms with van der Waals surface area (Å²) in [6.07, 6.45) is -0.986. The van der Waals surface area contributed by atoms with E-state index in [1.807, 2.05) is 26.0 Å². The average Bonchev–Trinajstić information content (AvgIpc) is 2.57. The summed E-state index contributed by atoms with van der Waals surface area (Å²) in [4.78, 5) is 12.4. The van der Waals surface area contributed by atoms with Crippen LogP contribution in [0, 0.1) is 5.41 Å². The first-order valence-corrected chi connectivity index (χ1v) is 9.64. The molecule has 1 amide bonds. The van der Waals surface area contributed by atoms with E-state index in [0.29, 0.717) is 17.7 Å². The number of carbonyl (C=O) groups excluding carboxylic acids is 1. The van der Waals surface area contributed by atoms with Gasteiger partial charge >= 0.3 is 6.09 Å². The Kier molecular flexibility index (Phi) is 7.08. The Hall–Kier alpha value is -1.57. The number of hydrogen-bond acceptors (Lipinski definition) is 4. The number of carbonyl (C=O) groups is 1. The van der Waals surface area contributed by atoms with E-state index in [0.717, 1.165) is 8.95 Å². The van der Waals surface area contributed by atoms with Gasteiger partial charge in [0.1, 0.15) is 11.9 Å². The molecule has 26 heavy (non-hydrogen) atoms. The van der Waals surface area contributed by atoms with Gasteiger partial charge in [-0.05, 0) is 48.9 Å². The first-order chi connectivity index (χ1) is 12.2. The van der Waals surface area contributed by atoms with Gasteiger partial charge in [-0.2, -0.15) is 0 Å². The second-order valence-corrected chi connectivity index (χ2v) is 8.41. The van der Waals surface area contributed by atoms with Crippen LogP contribution >= 0.6 is 31.9 Å². The molecule has 0 aliphatic carbocycles. The molecule has 0 aromatic heterocycles. The van der Waals surface area contributed by atoms with Crippen LogP contribution in [0.25, 0.3) is 0 Å². The molecule has 7 heteroatoms. The van der Waals surface area contributed by atoms with Crippen molar-refractivity contribution in [2.45, 2.75) is 26.4 Å². The van der Waals surface area contributed by atoms with Crippen LogP contribution in [0.15, 0.2) is 51.4 Å². The minimum absolute atomic E-state index is 0.0284. The topological polar surface area (TPSA) is 78.8 Å². The molecule has 0 spiro atoms. The fraction of sp³-hybridized carbons (Fsp3) is 0.316. The molecular formula is C19H21Br2NO4. The highest BCUT2D eigenvalue weighted by molar-refractivity contribution is 9.10. The number of aromatic hydroxyl groups is 1. The summed E-state index contributed by atoms with van der Waals surface area (Å²) in [5, 5.41) is 22.3. The third kappa shape index (κ3) is 5.46. The number of rotatable bonds is 6. The van der Waals surface area contributed by atoms with Gasteiger partial charge in [-0.25, -0.2) is 4.79 Å². The van der Waals surface area contributed by atoms with Crippen LogP contribution in [0.1, 0.15) is 31.9 Å². The molecule has 2 rings (SSSR count). The van der Waals surface area contributed by atoms with Crippen molar-refractivity contribution in [3.8, 4) is 5.75 Å². The third-order valence-electron chi connectivity index (χ3n) is 4.05. The Morgan fingerprint density at radius 3 is 2.38 bits per heavy atom. The Morgan fingerprint density at radius 1 is 1.15 bits per heavy atom. The van der Waals surface area contributed by atoms with E-state index in [2.05, 4.69) is 37.2 Å². The number of halogens is 2. The van der Waals surface area contributed by atoms with Gasteiger partial charge in [-0.3, -0.25) is 5.32 Å². The zero-order chi connectivity index (χ0) is 19.3. The quantitative estimate of drug-likeness (QED) is 0.495. The number of phenolic OH excluding ortho intramolecular Hbond substituents is 1. The third-order valence-corrected chi connectivity index (χ3v) is 5.08. The van der Waals surface area contributed by atoms with Crippen LogP contribution in [0.4, 0.5) is 10.5 Å². The van der Waals surface area contributed by atoms with Crippen molar-refractivity contribution in [2.24, 2.45) is 5.41 Å². The number of phenols is 1. The Balaban J connectivity index is 2.27. The van der Waals surface area contributed by atoms with Crippen LogP contribution in [-0.2, 0) is 4.74 Å². The lowest BCUT2D eigenvalue weighted by Gasteiger charge is -2.34. The van der Waals surface area contributed by atoms with Crippen LogP contribution in [-0.4, -0.2) is 22.9 Å². The molecule has 140 valence electrons. The molecule has 0 bridgehead atoms. The zero-order valence-electron chi connectivity index (χ0n) is 14.5. The van der Waals surface area contributed by atoms with Gasteiger partial charge in [0.05, 0.1) is 0 Å². The molecule has 3 N–H and O–H groups in total. The Morgan fingerprint density at radius 2 is 1.77 bits per heavy atom. The Bertz CT molecular complexity index is 763. The van der Waals surface area contributed by atoms with Gasteiger partial charge in [0.25, 0.3) is 0 Å². The van der Waals surface area contributed by atoms with E-state index >= 15 is 0 Å². The van der Waals surface area contributed by atoms with Crippen molar-refractivity contribution in [3.05, 3.63) is 57.0 Å². The lowest BCUT2D eigenvalue weighted by molar-refractivity contribution is 0.0138. The number of ether oxygens (including phenoxy) is 1. The van der Waals surface area contributed by atoms with Gasteiger partial charge in [-0.1, -0.05) is 45.7 Å². The SMILES string of the molecule is CC(C)(CCO)[C@H](OC(=O)Nc1ccc(Br)cc1)c1cc(Br)ccc1O. The van der Waals surface area contributed by atoms with Crippen molar-refractivity contribution in [1.29, 1.82) is 0 Å². The van der Waals surface area contributed by atoms with Crippen molar-refractivity contribution >= 4 is 43.6 Å². The molecule has 0 aliphatic heterocycles. The van der Waals surface area contributed by atoms with Gasteiger partial charge in [0.2, 0.25) is 0 Å². The van der Waals surface area contributed by atoms with E-state index in [4.69, 9.17) is 4.74 Å². The highest BCUT2D eigenvalue weighted by Crippen LogP contribution is 2.43. The summed E-state index contributed by atoms with van der Waals surface area (Å²) in [5.74, 6) is 0.0284. The fourth-order valence-corrected chi connectivity index (χ4v) is 3.23. The summed E-state index contributed by atoms with van der Waals surface area (Å²) in [6, 6.07) is 12.1. The van der Waals surface area contributed by atoms with Crippen molar-refractivity contribution in [2.75, 3.05) is 11.9 Å². The number of aliphatic hydroxyl groups excluding tert-OH is 1. The van der Waals surface area contributed by atoms with Crippen LogP contribution in [0.2, 0.25) is 0 Å². The maximum Gasteiger partial charge on any atom is 0.412 e. The number of anilines is 1. The largest absolute Gasteiger partial charge is 0.508 e. The predicted octanol–water partition coefficient (Wildman–Crippen LogP) is 5.62. The molecule has 0 unspecified atom stereocenters. The lowest BCUT2D eigenvalue weighted by Crippen LogP contribution is -2.30. The standard InChI is InChI=1S/C19H21Br2NO4/c1-19(2,9-10-23)17(15-11-13(21)5-8-16(15)24)26-18(25)22-14-6-3-12(20)4-7-14/h3-8,11,17,23-24H,9-10H2,1-2H3,(H,22,25)/t17-/m1/s1. The molecule has 0 saturated heterocycles. The summed E-state index contributed by atoms with van der Waals surface area (Å²) >= 11 is 6.72. The number of hydrogen-bond donors (Lipinski definition) is 3. The maximum atomic E-state index is 12.4. The smallest absolute Gasteiger partial charge is 0.412 e. The first kappa shape index (κ1) is 20.7. The number of amides is 1. The van der Waals surface area contributed by atoms with Crippen molar-refractivity contribution in [1.82, 2.24) is 0 Å². The van der Waals surface area contributed by atoms with Crippen molar-refractivity contribution < 1.29 is 19.7 Å². The second kappa shape index (κ2) is 8.88. The van der Waals surface area contributed by atoms with E-state index in [1.54, 1.807) is 24.3 Å². The summed E-state index contributed by atoms with van der Waals surface area (Å²) < 4.78 is 7.33. The molecule has 0 radical (unpaired) electrons. The van der Waals surface area contributed by atoms with E-state index < -0.39 is 17.6 Å². The molecule has 0 saturated carbocycles. The van der Waals surface area contributed by atoms with Gasteiger partial charge in [0.15, 0.2) is 0 Å². The fourth-order valence-electron chi connectivity index (χ4n) is 2.59. The molecule has 0 aliphatic rings. The van der Waals surface area contributed by atoms with Crippen LogP contribution in [0.5, 0.6) is 5.75 Å². The minimum atomic E-state index is -0.748. The van der Waals surface area contributed by atoms with Crippen LogP contribution < -0.4 is 5.32 Å². The number of aliphatic hydroxyl groups is 1. The Labute approximate surface area is 169 Å². The van der Waals surface area contributed by atoms with E-state index in [1.165, 1.54) is 6.07 Å². The molecule has 0 heterocycles. The molecule has 5 nitrogen and oxygen atoms in total. The van der Waals surface area contributed by atoms with Crippen molar-refractivity contribution in [3.63, 3.8) is 0 Å². The molecule has 2 aromatic carbocycles. The van der Waals surface area contributed by atoms with Gasteiger partial charge < -0.3 is 14.9 Å². The van der Waals surface area contributed by atoms with Gasteiger partial charge in [-0.15, -0.1) is 0 Å². The minimum Gasteiger partial charge on any atom is -0.508 e. The molecular weight excluding hydrogens is 466 g/mol. The summed E-state index contributed by atoms with van der Waals surface area (Å²) in [5.41, 5.74) is 0.475. The number of benzene rings is 2. The zero-order valence-corrected chi connectivity index (χ0v) is 17.7. The number of nitrogens with one attached hydrogen (secondary N) is 1. The van der Waals surface area contributed by atoms with E-state index in [-0.39, 0.29) is 12.4 Å². The summed E-state index contributed by atoms with van der Waals surface area (Å²) in [6.45, 7) is 3.69. The highest BCUT2D eigenvalue weighted by Gasteiger charge is 2.35. The predicted molar refractivity (Wildman–Crippen MR) is 108 cm³/mol. The average molecular weight is 487 g/mol. The second-order valence-electron chi connectivity index (χ2n) is 6.58. The monoisotopic (exact) mass is 485 g/mol. The van der Waals surface area contributed by atoms with Gasteiger partial charge in [0, 0.05) is 32.2 Å². The van der Waals surface area contributed by atoms with Crippen LogP contribution in [0.3, 0.4) is 0 Å². The highest BCUT2D eigenvalue weighted by atomic mass is 79.9. The molecule has 2 aromatic rings. The maximum absolute atomic E-state index is 12.4. The molecule has 1 atom stereocenters. The molecule has 0 fully saturated rings. The normalized spacial score (nSPS) is 12.5.